The normalized spacial score (nSPS) is 10.1. The summed E-state index contributed by atoms with van der Waals surface area (Å²) in [6, 6.07) is 5.62. The minimum Gasteiger partial charge on any atom is -0.494 e. The van der Waals surface area contributed by atoms with Crippen LogP contribution < -0.4 is 10.5 Å². The average molecular weight is 241 g/mol. The molecule has 1 rings (SSSR count). The highest BCUT2D eigenvalue weighted by atomic mass is 35.5. The summed E-state index contributed by atoms with van der Waals surface area (Å²) >= 11 is 5.91. The number of hydrogen-bond acceptors (Lipinski definition) is 2. The van der Waals surface area contributed by atoms with Gasteiger partial charge in [0, 0.05) is 11.4 Å². The van der Waals surface area contributed by atoms with Crippen molar-refractivity contribution in [2.45, 2.75) is 26.2 Å². The maximum absolute atomic E-state index is 7.07. The molecular formula is C12H17ClN2O. The predicted molar refractivity (Wildman–Crippen MR) is 67.4 cm³/mol. The van der Waals surface area contributed by atoms with Gasteiger partial charge in [0.1, 0.15) is 5.75 Å². The lowest BCUT2D eigenvalue weighted by Crippen LogP contribution is -2.09. The van der Waals surface area contributed by atoms with E-state index in [1.165, 1.54) is 0 Å². The molecule has 0 aliphatic carbocycles. The first-order valence-electron chi connectivity index (χ1n) is 5.31. The van der Waals surface area contributed by atoms with Crippen LogP contribution in [0.25, 0.3) is 0 Å². The molecule has 88 valence electrons. The molecule has 0 radical (unpaired) electrons. The third-order valence-electron chi connectivity index (χ3n) is 2.24. The molecule has 0 unspecified atom stereocenters. The van der Waals surface area contributed by atoms with Crippen molar-refractivity contribution in [1.82, 2.24) is 0 Å². The fourth-order valence-electron chi connectivity index (χ4n) is 1.31. The van der Waals surface area contributed by atoms with Gasteiger partial charge in [0.05, 0.1) is 12.4 Å². The molecule has 0 atom stereocenters. The van der Waals surface area contributed by atoms with Gasteiger partial charge in [0.2, 0.25) is 0 Å². The molecule has 0 heterocycles. The third-order valence-corrected chi connectivity index (χ3v) is 2.66. The number of aryl methyl sites for hydroxylation is 1. The zero-order valence-corrected chi connectivity index (χ0v) is 10.2. The average Bonchev–Trinajstić information content (AvgIpc) is 2.22. The van der Waals surface area contributed by atoms with E-state index in [2.05, 4.69) is 0 Å². The number of nitrogens with one attached hydrogen (secondary N) is 1. The van der Waals surface area contributed by atoms with E-state index in [9.17, 15) is 0 Å². The molecule has 0 saturated carbocycles. The van der Waals surface area contributed by atoms with E-state index in [0.29, 0.717) is 13.0 Å². The van der Waals surface area contributed by atoms with Crippen LogP contribution in [0.4, 0.5) is 0 Å². The minimum atomic E-state index is 0.238. The van der Waals surface area contributed by atoms with Gasteiger partial charge in [-0.3, -0.25) is 5.41 Å². The summed E-state index contributed by atoms with van der Waals surface area (Å²) in [5, 5.41) is 7.82. The summed E-state index contributed by atoms with van der Waals surface area (Å²) in [4.78, 5) is 0. The molecule has 0 aromatic heterocycles. The van der Waals surface area contributed by atoms with Crippen molar-refractivity contribution >= 4 is 17.4 Å². The van der Waals surface area contributed by atoms with Crippen molar-refractivity contribution in [1.29, 1.82) is 5.41 Å². The second-order valence-electron chi connectivity index (χ2n) is 3.74. The van der Waals surface area contributed by atoms with Crippen LogP contribution in [-0.4, -0.2) is 12.4 Å². The van der Waals surface area contributed by atoms with Gasteiger partial charge < -0.3 is 10.5 Å². The predicted octanol–water partition coefficient (Wildman–Crippen LogP) is 3.13. The molecule has 1 aromatic carbocycles. The highest BCUT2D eigenvalue weighted by Gasteiger charge is 1.98. The van der Waals surface area contributed by atoms with Crippen molar-refractivity contribution in [3.63, 3.8) is 0 Å². The standard InChI is InChI=1S/C12H17ClN2O/c1-9-8-10(5-6-11(9)13)16-7-3-2-4-12(14)15/h5-6,8H,2-4,7H2,1H3,(H3,14,15). The quantitative estimate of drug-likeness (QED) is 0.456. The van der Waals surface area contributed by atoms with E-state index in [1.54, 1.807) is 0 Å². The van der Waals surface area contributed by atoms with Crippen LogP contribution in [0.15, 0.2) is 18.2 Å². The smallest absolute Gasteiger partial charge is 0.119 e. The van der Waals surface area contributed by atoms with Gasteiger partial charge in [-0.15, -0.1) is 0 Å². The molecule has 0 aliphatic rings. The van der Waals surface area contributed by atoms with Crippen LogP contribution in [0, 0.1) is 12.3 Å². The number of amidine groups is 1. The molecule has 3 nitrogen and oxygen atoms in total. The van der Waals surface area contributed by atoms with E-state index in [-0.39, 0.29) is 5.84 Å². The minimum absolute atomic E-state index is 0.238. The molecule has 16 heavy (non-hydrogen) atoms. The first-order chi connectivity index (χ1) is 7.59. The first kappa shape index (κ1) is 12.8. The largest absolute Gasteiger partial charge is 0.494 e. The van der Waals surface area contributed by atoms with E-state index in [0.717, 1.165) is 29.2 Å². The highest BCUT2D eigenvalue weighted by Crippen LogP contribution is 2.21. The molecular weight excluding hydrogens is 224 g/mol. The number of rotatable bonds is 6. The van der Waals surface area contributed by atoms with Crippen LogP contribution in [0.2, 0.25) is 5.02 Å². The number of hydrogen-bond donors (Lipinski definition) is 2. The topological polar surface area (TPSA) is 59.1 Å². The molecule has 0 spiro atoms. The number of benzene rings is 1. The number of unbranched alkanes of at least 4 members (excludes halogenated alkanes) is 1. The number of ether oxygens (including phenoxy) is 1. The second kappa shape index (κ2) is 6.38. The zero-order valence-electron chi connectivity index (χ0n) is 9.42. The Kier molecular flexibility index (Phi) is 5.12. The van der Waals surface area contributed by atoms with Gasteiger partial charge in [0.25, 0.3) is 0 Å². The summed E-state index contributed by atoms with van der Waals surface area (Å²) in [7, 11) is 0. The van der Waals surface area contributed by atoms with Crippen molar-refractivity contribution in [2.24, 2.45) is 5.73 Å². The van der Waals surface area contributed by atoms with Crippen LogP contribution in [0.5, 0.6) is 5.75 Å². The Morgan fingerprint density at radius 1 is 1.44 bits per heavy atom. The Morgan fingerprint density at radius 2 is 2.19 bits per heavy atom. The maximum atomic E-state index is 7.07. The van der Waals surface area contributed by atoms with Crippen molar-refractivity contribution in [3.8, 4) is 5.75 Å². The maximum Gasteiger partial charge on any atom is 0.119 e. The highest BCUT2D eigenvalue weighted by molar-refractivity contribution is 6.31. The van der Waals surface area contributed by atoms with Crippen LogP contribution in [-0.2, 0) is 0 Å². The molecule has 0 fully saturated rings. The molecule has 3 N–H and O–H groups in total. The van der Waals surface area contributed by atoms with Crippen LogP contribution in [0.3, 0.4) is 0 Å². The molecule has 4 heteroatoms. The fraction of sp³-hybridized carbons (Fsp3) is 0.417. The SMILES string of the molecule is Cc1cc(OCCCCC(=N)N)ccc1Cl. The Hall–Kier alpha value is -1.22. The summed E-state index contributed by atoms with van der Waals surface area (Å²) in [6.45, 7) is 2.60. The van der Waals surface area contributed by atoms with E-state index in [4.69, 9.17) is 27.5 Å². The van der Waals surface area contributed by atoms with E-state index < -0.39 is 0 Å². The van der Waals surface area contributed by atoms with Gasteiger partial charge in [-0.1, -0.05) is 11.6 Å². The van der Waals surface area contributed by atoms with Gasteiger partial charge in [-0.05, 0) is 43.5 Å². The summed E-state index contributed by atoms with van der Waals surface area (Å²) < 4.78 is 5.55. The first-order valence-corrected chi connectivity index (χ1v) is 5.69. The van der Waals surface area contributed by atoms with Crippen LogP contribution >= 0.6 is 11.6 Å². The lowest BCUT2D eigenvalue weighted by Gasteiger charge is -2.07. The second-order valence-corrected chi connectivity index (χ2v) is 4.15. The van der Waals surface area contributed by atoms with E-state index >= 15 is 0 Å². The Labute approximate surface area is 101 Å². The number of nitrogens with two attached hydrogens (primary N) is 1. The molecule has 0 aliphatic heterocycles. The van der Waals surface area contributed by atoms with E-state index in [1.807, 2.05) is 25.1 Å². The molecule has 0 amide bonds. The molecule has 0 saturated heterocycles. The Morgan fingerprint density at radius 3 is 2.81 bits per heavy atom. The summed E-state index contributed by atoms with van der Waals surface area (Å²) in [5.74, 6) is 1.08. The van der Waals surface area contributed by atoms with Gasteiger partial charge in [-0.25, -0.2) is 0 Å². The van der Waals surface area contributed by atoms with Gasteiger partial charge in [0.15, 0.2) is 0 Å². The zero-order chi connectivity index (χ0) is 12.0. The summed E-state index contributed by atoms with van der Waals surface area (Å²) in [6.07, 6.45) is 2.44. The van der Waals surface area contributed by atoms with Gasteiger partial charge >= 0.3 is 0 Å². The van der Waals surface area contributed by atoms with Crippen molar-refractivity contribution in [3.05, 3.63) is 28.8 Å². The van der Waals surface area contributed by atoms with Crippen molar-refractivity contribution in [2.75, 3.05) is 6.61 Å². The van der Waals surface area contributed by atoms with Crippen molar-refractivity contribution < 1.29 is 4.74 Å². The molecule has 0 bridgehead atoms. The lowest BCUT2D eigenvalue weighted by molar-refractivity contribution is 0.307. The lowest BCUT2D eigenvalue weighted by atomic mass is 10.2. The monoisotopic (exact) mass is 240 g/mol. The van der Waals surface area contributed by atoms with Gasteiger partial charge in [-0.2, -0.15) is 0 Å². The van der Waals surface area contributed by atoms with Crippen LogP contribution in [0.1, 0.15) is 24.8 Å². The fourth-order valence-corrected chi connectivity index (χ4v) is 1.43. The third kappa shape index (κ3) is 4.53. The Bertz CT molecular complexity index is 366. The Balaban J connectivity index is 2.27. The number of halogens is 1. The summed E-state index contributed by atoms with van der Waals surface area (Å²) in [5.41, 5.74) is 6.27. The molecule has 1 aromatic rings.